The van der Waals surface area contributed by atoms with Crippen LogP contribution in [0.1, 0.15) is 36.8 Å². The second-order valence-electron chi connectivity index (χ2n) is 7.98. The molecule has 0 fully saturated rings. The van der Waals surface area contributed by atoms with Crippen LogP contribution in [0.5, 0.6) is 0 Å². The molecule has 33 heavy (non-hydrogen) atoms. The summed E-state index contributed by atoms with van der Waals surface area (Å²) in [5.41, 5.74) is 12.0. The topological polar surface area (TPSA) is 95.4 Å². The first-order valence-electron chi connectivity index (χ1n) is 10.9. The summed E-state index contributed by atoms with van der Waals surface area (Å²) < 4.78 is 16.2. The summed E-state index contributed by atoms with van der Waals surface area (Å²) in [6.07, 6.45) is 9.94. The van der Waals surface area contributed by atoms with Crippen molar-refractivity contribution in [1.29, 1.82) is 0 Å². The van der Waals surface area contributed by atoms with Crippen LogP contribution in [0.15, 0.2) is 70.8 Å². The van der Waals surface area contributed by atoms with Crippen LogP contribution < -0.4 is 27.4 Å². The van der Waals surface area contributed by atoms with Crippen molar-refractivity contribution >= 4 is 22.9 Å². The molecule has 1 aromatic heterocycles. The van der Waals surface area contributed by atoms with Crippen LogP contribution >= 0.6 is 0 Å². The Kier molecular flexibility index (Phi) is 5.86. The van der Waals surface area contributed by atoms with E-state index in [4.69, 9.17) is 0 Å². The molecule has 8 nitrogen and oxygen atoms in total. The minimum Gasteiger partial charge on any atom is -0.333 e. The maximum atomic E-state index is 14.7. The molecule has 1 aliphatic carbocycles. The monoisotopic (exact) mass is 445 g/mol. The summed E-state index contributed by atoms with van der Waals surface area (Å²) >= 11 is 0. The van der Waals surface area contributed by atoms with Crippen LogP contribution in [-0.4, -0.2) is 15.4 Å². The van der Waals surface area contributed by atoms with Crippen LogP contribution in [-0.2, 0) is 6.42 Å². The van der Waals surface area contributed by atoms with Gasteiger partial charge in [-0.15, -0.1) is 10.6 Å². The number of rotatable bonds is 7. The van der Waals surface area contributed by atoms with Crippen molar-refractivity contribution in [1.82, 2.24) is 26.0 Å². The van der Waals surface area contributed by atoms with E-state index in [1.807, 2.05) is 30.3 Å². The van der Waals surface area contributed by atoms with E-state index >= 15 is 0 Å². The van der Waals surface area contributed by atoms with E-state index in [0.29, 0.717) is 5.69 Å². The van der Waals surface area contributed by atoms with Gasteiger partial charge in [-0.1, -0.05) is 24.3 Å². The first-order chi connectivity index (χ1) is 16.2. The molecule has 3 aromatic rings. The number of aryl methyl sites for hydroxylation is 1. The number of amidine groups is 1. The van der Waals surface area contributed by atoms with Gasteiger partial charge in [0.1, 0.15) is 11.7 Å². The number of anilines is 2. The van der Waals surface area contributed by atoms with Gasteiger partial charge in [0.15, 0.2) is 5.82 Å². The minimum atomic E-state index is -0.409. The first-order valence-corrected chi connectivity index (χ1v) is 10.9. The predicted octanol–water partition coefficient (Wildman–Crippen LogP) is 3.54. The van der Waals surface area contributed by atoms with Gasteiger partial charge >= 0.3 is 0 Å². The Morgan fingerprint density at radius 1 is 1.12 bits per heavy atom. The Hall–Kier alpha value is -3.98. The van der Waals surface area contributed by atoms with Crippen molar-refractivity contribution < 1.29 is 4.39 Å². The predicted molar refractivity (Wildman–Crippen MR) is 127 cm³/mol. The van der Waals surface area contributed by atoms with Gasteiger partial charge in [-0.3, -0.25) is 14.8 Å². The number of allylic oxidation sites excluding steroid dienone is 2. The molecule has 5 rings (SSSR count). The molecule has 2 aliphatic rings. The standard InChI is InChI=1S/C24H24FN7O/c25-20-15-18(17-3-1-2-4-17)8-11-21(20)27-23-24(33)32(14-13-26-23)19-9-5-16(6-10-19)7-12-22-28-30-31-29-22/h3,5-6,8-11,13-15,30-31H,1-2,4,7,12H2,(H,26,27)(H,28,29). The van der Waals surface area contributed by atoms with E-state index in [9.17, 15) is 9.18 Å². The smallest absolute Gasteiger partial charge is 0.298 e. The van der Waals surface area contributed by atoms with Gasteiger partial charge < -0.3 is 5.32 Å². The van der Waals surface area contributed by atoms with Crippen LogP contribution in [0, 0.1) is 5.82 Å². The van der Waals surface area contributed by atoms with Gasteiger partial charge in [-0.2, -0.15) is 0 Å². The lowest BCUT2D eigenvalue weighted by atomic mass is 10.0. The van der Waals surface area contributed by atoms with Crippen LogP contribution in [0.4, 0.5) is 15.9 Å². The van der Waals surface area contributed by atoms with Crippen molar-refractivity contribution in [3.8, 4) is 5.69 Å². The quantitative estimate of drug-likeness (QED) is 0.444. The van der Waals surface area contributed by atoms with Gasteiger partial charge in [-0.05, 0) is 66.6 Å². The summed E-state index contributed by atoms with van der Waals surface area (Å²) in [4.78, 5) is 17.2. The number of hydrogen-bond acceptors (Lipinski definition) is 7. The Morgan fingerprint density at radius 3 is 2.73 bits per heavy atom. The highest BCUT2D eigenvalue weighted by Crippen LogP contribution is 2.30. The molecule has 9 heteroatoms. The zero-order valence-corrected chi connectivity index (χ0v) is 17.9. The van der Waals surface area contributed by atoms with Gasteiger partial charge in [0.25, 0.3) is 5.56 Å². The normalized spacial score (nSPS) is 14.9. The van der Waals surface area contributed by atoms with Crippen LogP contribution in [0.25, 0.3) is 11.3 Å². The average Bonchev–Trinajstić information content (AvgIpc) is 3.55. The number of nitrogens with one attached hydrogen (secondary N) is 4. The van der Waals surface area contributed by atoms with Crippen LogP contribution in [0.2, 0.25) is 0 Å². The fourth-order valence-corrected chi connectivity index (χ4v) is 4.01. The largest absolute Gasteiger partial charge is 0.333 e. The average molecular weight is 446 g/mol. The first kappa shape index (κ1) is 20.9. The molecule has 0 radical (unpaired) electrons. The molecule has 0 amide bonds. The third-order valence-corrected chi connectivity index (χ3v) is 5.79. The van der Waals surface area contributed by atoms with Gasteiger partial charge in [0.05, 0.1) is 5.69 Å². The lowest BCUT2D eigenvalue weighted by Gasteiger charge is -2.11. The van der Waals surface area contributed by atoms with Crippen molar-refractivity contribution in [2.75, 3.05) is 5.32 Å². The van der Waals surface area contributed by atoms with Crippen molar-refractivity contribution in [3.05, 3.63) is 88.2 Å². The number of nitrogens with zero attached hydrogens (tertiary/aromatic N) is 3. The molecule has 2 heterocycles. The lowest BCUT2D eigenvalue weighted by molar-refractivity contribution is 0.576. The zero-order valence-electron chi connectivity index (χ0n) is 17.9. The fourth-order valence-electron chi connectivity index (χ4n) is 4.01. The highest BCUT2D eigenvalue weighted by Gasteiger charge is 2.13. The Bertz CT molecular complexity index is 1280. The van der Waals surface area contributed by atoms with Crippen molar-refractivity contribution in [3.63, 3.8) is 0 Å². The number of hydrogen-bond donors (Lipinski definition) is 4. The number of hydrazone groups is 1. The molecule has 2 aromatic carbocycles. The molecule has 0 atom stereocenters. The number of benzene rings is 2. The summed E-state index contributed by atoms with van der Waals surface area (Å²) in [6.45, 7) is 0. The molecular formula is C24H24FN7O. The number of halogens is 1. The molecule has 0 saturated carbocycles. The summed E-state index contributed by atoms with van der Waals surface area (Å²) in [6, 6.07) is 12.8. The Balaban J connectivity index is 1.32. The molecule has 0 bridgehead atoms. The van der Waals surface area contributed by atoms with Gasteiger partial charge in [-0.25, -0.2) is 14.9 Å². The van der Waals surface area contributed by atoms with Crippen LogP contribution in [0.3, 0.4) is 0 Å². The van der Waals surface area contributed by atoms with Crippen molar-refractivity contribution in [2.45, 2.75) is 32.1 Å². The molecule has 168 valence electrons. The lowest BCUT2D eigenvalue weighted by Crippen LogP contribution is -2.35. The second-order valence-corrected chi connectivity index (χ2v) is 7.98. The van der Waals surface area contributed by atoms with E-state index in [2.05, 4.69) is 38.0 Å². The molecule has 4 N–H and O–H groups in total. The highest BCUT2D eigenvalue weighted by molar-refractivity contribution is 5.82. The fraction of sp³-hybridized carbons (Fsp3) is 0.208. The van der Waals surface area contributed by atoms with E-state index in [-0.39, 0.29) is 17.1 Å². The summed E-state index contributed by atoms with van der Waals surface area (Å²) in [7, 11) is 0. The molecule has 0 unspecified atom stereocenters. The van der Waals surface area contributed by atoms with E-state index < -0.39 is 5.82 Å². The number of aromatic nitrogens is 2. The third kappa shape index (κ3) is 4.63. The van der Waals surface area contributed by atoms with Crippen molar-refractivity contribution in [2.24, 2.45) is 5.10 Å². The molecule has 0 saturated heterocycles. The minimum absolute atomic E-state index is 0.0682. The van der Waals surface area contributed by atoms with E-state index in [1.54, 1.807) is 12.3 Å². The maximum absolute atomic E-state index is 14.7. The zero-order chi connectivity index (χ0) is 22.6. The second kappa shape index (κ2) is 9.25. The number of hydrazine groups is 2. The summed E-state index contributed by atoms with van der Waals surface area (Å²) in [5.74, 6) is 0.493. The SMILES string of the molecule is O=c1c(Nc2ccc(C3=CCCC3)cc2F)nccn1-c1ccc(CCC2=NNNN2)cc1. The third-order valence-electron chi connectivity index (χ3n) is 5.79. The van der Waals surface area contributed by atoms with Gasteiger partial charge in [0, 0.05) is 24.5 Å². The van der Waals surface area contributed by atoms with E-state index in [1.165, 1.54) is 22.4 Å². The summed E-state index contributed by atoms with van der Waals surface area (Å²) in [5, 5.41) is 6.92. The highest BCUT2D eigenvalue weighted by atomic mass is 19.1. The Labute approximate surface area is 190 Å². The Morgan fingerprint density at radius 2 is 2.00 bits per heavy atom. The molecule has 1 aliphatic heterocycles. The van der Waals surface area contributed by atoms with Gasteiger partial charge in [0.2, 0.25) is 0 Å². The maximum Gasteiger partial charge on any atom is 0.298 e. The van der Waals surface area contributed by atoms with E-state index in [0.717, 1.165) is 49.1 Å². The molecule has 0 spiro atoms. The molecular weight excluding hydrogens is 421 g/mol.